The standard InChI is InChI=1S/C13H23NO/c1-15-13(7-9-14-10-8-13)11-12-5-3-2-4-6-12/h2-3,12,14H,4-11H2,1H3. The molecule has 0 aromatic carbocycles. The summed E-state index contributed by atoms with van der Waals surface area (Å²) in [5.41, 5.74) is 0.182. The average Bonchev–Trinajstić information content (AvgIpc) is 2.32. The third kappa shape index (κ3) is 2.82. The molecule has 1 N–H and O–H groups in total. The first-order chi connectivity index (χ1) is 7.35. The topological polar surface area (TPSA) is 21.3 Å². The van der Waals surface area contributed by atoms with Crippen molar-refractivity contribution in [3.63, 3.8) is 0 Å². The Morgan fingerprint density at radius 2 is 2.13 bits per heavy atom. The monoisotopic (exact) mass is 209 g/mol. The lowest BCUT2D eigenvalue weighted by atomic mass is 9.79. The summed E-state index contributed by atoms with van der Waals surface area (Å²) in [6.45, 7) is 2.24. The van der Waals surface area contributed by atoms with Gasteiger partial charge in [0.15, 0.2) is 0 Å². The van der Waals surface area contributed by atoms with E-state index in [4.69, 9.17) is 4.74 Å². The molecule has 1 unspecified atom stereocenters. The van der Waals surface area contributed by atoms with Crippen LogP contribution in [0.1, 0.15) is 38.5 Å². The maximum absolute atomic E-state index is 5.82. The molecule has 0 aromatic rings. The van der Waals surface area contributed by atoms with Gasteiger partial charge in [-0.05, 0) is 57.5 Å². The zero-order valence-corrected chi connectivity index (χ0v) is 9.80. The summed E-state index contributed by atoms with van der Waals surface area (Å²) in [7, 11) is 1.89. The molecule has 0 bridgehead atoms. The molecule has 1 atom stereocenters. The fourth-order valence-corrected chi connectivity index (χ4v) is 2.94. The van der Waals surface area contributed by atoms with Crippen molar-refractivity contribution in [2.24, 2.45) is 5.92 Å². The van der Waals surface area contributed by atoms with Crippen LogP contribution in [-0.2, 0) is 4.74 Å². The lowest BCUT2D eigenvalue weighted by Crippen LogP contribution is -2.44. The molecule has 15 heavy (non-hydrogen) atoms. The third-order valence-corrected chi connectivity index (χ3v) is 3.99. The van der Waals surface area contributed by atoms with Gasteiger partial charge in [0.25, 0.3) is 0 Å². The van der Waals surface area contributed by atoms with E-state index in [0.29, 0.717) is 0 Å². The minimum atomic E-state index is 0.182. The van der Waals surface area contributed by atoms with Crippen molar-refractivity contribution in [3.05, 3.63) is 12.2 Å². The number of hydrogen-bond donors (Lipinski definition) is 1. The maximum Gasteiger partial charge on any atom is 0.0705 e. The van der Waals surface area contributed by atoms with Crippen LogP contribution in [0, 0.1) is 5.92 Å². The number of rotatable bonds is 3. The number of nitrogens with one attached hydrogen (secondary N) is 1. The van der Waals surface area contributed by atoms with Crippen molar-refractivity contribution in [1.82, 2.24) is 5.32 Å². The summed E-state index contributed by atoms with van der Waals surface area (Å²) in [6.07, 6.45) is 12.2. The molecule has 1 aliphatic heterocycles. The Balaban J connectivity index is 1.91. The van der Waals surface area contributed by atoms with Gasteiger partial charge in [0, 0.05) is 7.11 Å². The summed E-state index contributed by atoms with van der Waals surface area (Å²) in [6, 6.07) is 0. The predicted molar refractivity (Wildman–Crippen MR) is 62.9 cm³/mol. The second kappa shape index (κ2) is 5.13. The minimum absolute atomic E-state index is 0.182. The summed E-state index contributed by atoms with van der Waals surface area (Å²) in [5, 5.41) is 3.42. The highest BCUT2D eigenvalue weighted by Gasteiger charge is 2.34. The van der Waals surface area contributed by atoms with E-state index in [9.17, 15) is 0 Å². The second-order valence-corrected chi connectivity index (χ2v) is 4.99. The molecule has 0 saturated carbocycles. The first-order valence-electron chi connectivity index (χ1n) is 6.25. The number of allylic oxidation sites excluding steroid dienone is 2. The molecular formula is C13H23NO. The van der Waals surface area contributed by atoms with Gasteiger partial charge in [-0.2, -0.15) is 0 Å². The Bertz CT molecular complexity index is 219. The van der Waals surface area contributed by atoms with Gasteiger partial charge in [0.2, 0.25) is 0 Å². The summed E-state index contributed by atoms with van der Waals surface area (Å²) in [5.74, 6) is 0.855. The van der Waals surface area contributed by atoms with E-state index in [1.165, 1.54) is 38.5 Å². The molecule has 2 aliphatic rings. The van der Waals surface area contributed by atoms with Crippen LogP contribution < -0.4 is 5.32 Å². The van der Waals surface area contributed by atoms with E-state index < -0.39 is 0 Å². The van der Waals surface area contributed by atoms with Crippen LogP contribution in [0.25, 0.3) is 0 Å². The zero-order chi connectivity index (χ0) is 10.6. The zero-order valence-electron chi connectivity index (χ0n) is 9.80. The summed E-state index contributed by atoms with van der Waals surface area (Å²) in [4.78, 5) is 0. The first-order valence-corrected chi connectivity index (χ1v) is 6.25. The molecule has 2 heteroatoms. The van der Waals surface area contributed by atoms with Gasteiger partial charge in [-0.15, -0.1) is 0 Å². The molecule has 86 valence electrons. The Hall–Kier alpha value is -0.340. The van der Waals surface area contributed by atoms with Gasteiger partial charge in [-0.1, -0.05) is 12.2 Å². The Labute approximate surface area is 93.1 Å². The summed E-state index contributed by atoms with van der Waals surface area (Å²) < 4.78 is 5.82. The van der Waals surface area contributed by atoms with Crippen LogP contribution in [-0.4, -0.2) is 25.8 Å². The van der Waals surface area contributed by atoms with Crippen molar-refractivity contribution in [3.8, 4) is 0 Å². The van der Waals surface area contributed by atoms with E-state index in [1.54, 1.807) is 0 Å². The third-order valence-electron chi connectivity index (χ3n) is 3.99. The Morgan fingerprint density at radius 3 is 2.73 bits per heavy atom. The van der Waals surface area contributed by atoms with Gasteiger partial charge >= 0.3 is 0 Å². The number of hydrogen-bond acceptors (Lipinski definition) is 2. The van der Waals surface area contributed by atoms with Gasteiger partial charge < -0.3 is 10.1 Å². The highest BCUT2D eigenvalue weighted by Crippen LogP contribution is 2.34. The van der Waals surface area contributed by atoms with Crippen molar-refractivity contribution in [2.45, 2.75) is 44.1 Å². The molecular weight excluding hydrogens is 186 g/mol. The molecule has 0 aromatic heterocycles. The predicted octanol–water partition coefficient (Wildman–Crippen LogP) is 2.50. The number of methoxy groups -OCH3 is 1. The van der Waals surface area contributed by atoms with Crippen molar-refractivity contribution >= 4 is 0 Å². The maximum atomic E-state index is 5.82. The smallest absolute Gasteiger partial charge is 0.0705 e. The van der Waals surface area contributed by atoms with Gasteiger partial charge in [0.1, 0.15) is 0 Å². The fourth-order valence-electron chi connectivity index (χ4n) is 2.94. The highest BCUT2D eigenvalue weighted by atomic mass is 16.5. The lowest BCUT2D eigenvalue weighted by molar-refractivity contribution is -0.0522. The van der Waals surface area contributed by atoms with Gasteiger partial charge in [0.05, 0.1) is 5.60 Å². The van der Waals surface area contributed by atoms with Crippen LogP contribution in [0.3, 0.4) is 0 Å². The van der Waals surface area contributed by atoms with Crippen molar-refractivity contribution < 1.29 is 4.74 Å². The molecule has 1 aliphatic carbocycles. The quantitative estimate of drug-likeness (QED) is 0.721. The van der Waals surface area contributed by atoms with Crippen LogP contribution in [0.4, 0.5) is 0 Å². The highest BCUT2D eigenvalue weighted by molar-refractivity contribution is 4.95. The number of piperidine rings is 1. The first kappa shape index (κ1) is 11.2. The lowest BCUT2D eigenvalue weighted by Gasteiger charge is -2.39. The van der Waals surface area contributed by atoms with E-state index in [-0.39, 0.29) is 5.60 Å². The molecule has 1 fully saturated rings. The molecule has 2 nitrogen and oxygen atoms in total. The normalized spacial score (nSPS) is 30.3. The van der Waals surface area contributed by atoms with Crippen molar-refractivity contribution in [1.29, 1.82) is 0 Å². The van der Waals surface area contributed by atoms with E-state index in [2.05, 4.69) is 17.5 Å². The molecule has 0 amide bonds. The Kier molecular flexibility index (Phi) is 3.81. The molecule has 2 rings (SSSR count). The molecule has 1 heterocycles. The van der Waals surface area contributed by atoms with Gasteiger partial charge in [-0.25, -0.2) is 0 Å². The van der Waals surface area contributed by atoms with Gasteiger partial charge in [-0.3, -0.25) is 0 Å². The SMILES string of the molecule is COC1(CC2CC=CCC2)CCNCC1. The van der Waals surface area contributed by atoms with E-state index in [0.717, 1.165) is 19.0 Å². The average molecular weight is 209 g/mol. The molecule has 0 radical (unpaired) electrons. The number of ether oxygens (including phenoxy) is 1. The van der Waals surface area contributed by atoms with Crippen LogP contribution in [0.5, 0.6) is 0 Å². The minimum Gasteiger partial charge on any atom is -0.378 e. The summed E-state index contributed by atoms with van der Waals surface area (Å²) >= 11 is 0. The van der Waals surface area contributed by atoms with Crippen molar-refractivity contribution in [2.75, 3.05) is 20.2 Å². The van der Waals surface area contributed by atoms with Crippen LogP contribution >= 0.6 is 0 Å². The van der Waals surface area contributed by atoms with E-state index in [1.807, 2.05) is 7.11 Å². The van der Waals surface area contributed by atoms with E-state index >= 15 is 0 Å². The Morgan fingerprint density at radius 1 is 1.33 bits per heavy atom. The second-order valence-electron chi connectivity index (χ2n) is 4.99. The van der Waals surface area contributed by atoms with Crippen LogP contribution in [0.2, 0.25) is 0 Å². The molecule has 1 saturated heterocycles. The largest absolute Gasteiger partial charge is 0.378 e. The van der Waals surface area contributed by atoms with Crippen LogP contribution in [0.15, 0.2) is 12.2 Å². The fraction of sp³-hybridized carbons (Fsp3) is 0.846. The molecule has 0 spiro atoms.